The zero-order valence-corrected chi connectivity index (χ0v) is 10.5. The summed E-state index contributed by atoms with van der Waals surface area (Å²) in [5, 5.41) is 13.8. The van der Waals surface area contributed by atoms with Gasteiger partial charge in [-0.15, -0.1) is 0 Å². The first-order valence-electron chi connectivity index (χ1n) is 4.82. The van der Waals surface area contributed by atoms with Gasteiger partial charge in [0.1, 0.15) is 0 Å². The second-order valence-corrected chi connectivity index (χ2v) is 4.57. The van der Waals surface area contributed by atoms with Crippen molar-refractivity contribution in [2.45, 2.75) is 32.9 Å². The highest BCUT2D eigenvalue weighted by Crippen LogP contribution is 2.29. The van der Waals surface area contributed by atoms with Gasteiger partial charge in [0, 0.05) is 11.1 Å². The summed E-state index contributed by atoms with van der Waals surface area (Å²) < 4.78 is 0. The van der Waals surface area contributed by atoms with Gasteiger partial charge in [-0.05, 0) is 38.5 Å². The molecule has 0 spiro atoms. The first-order valence-corrected chi connectivity index (χ1v) is 5.57. The van der Waals surface area contributed by atoms with Crippen LogP contribution in [0.2, 0.25) is 10.0 Å². The number of benzene rings is 1. The lowest BCUT2D eigenvalue weighted by Crippen LogP contribution is -2.27. The van der Waals surface area contributed by atoms with Crippen molar-refractivity contribution in [3.8, 4) is 0 Å². The minimum atomic E-state index is -0.443. The summed E-state index contributed by atoms with van der Waals surface area (Å²) in [6.07, 6.45) is -0.443. The average molecular weight is 248 g/mol. The molecule has 0 aliphatic carbocycles. The van der Waals surface area contributed by atoms with Crippen molar-refractivity contribution in [3.05, 3.63) is 27.7 Å². The molecule has 2 unspecified atom stereocenters. The predicted octanol–water partition coefficient (Wildman–Crippen LogP) is 3.48. The number of rotatable bonds is 3. The summed E-state index contributed by atoms with van der Waals surface area (Å²) in [4.78, 5) is 0. The Labute approximate surface area is 100 Å². The van der Waals surface area contributed by atoms with Crippen molar-refractivity contribution >= 4 is 28.9 Å². The van der Waals surface area contributed by atoms with E-state index >= 15 is 0 Å². The number of halogens is 2. The maximum Gasteiger partial charge on any atom is 0.0710 e. The number of aryl methyl sites for hydroxylation is 1. The molecule has 2 N–H and O–H groups in total. The van der Waals surface area contributed by atoms with E-state index in [2.05, 4.69) is 5.32 Å². The minimum Gasteiger partial charge on any atom is -0.391 e. The molecule has 0 aliphatic rings. The van der Waals surface area contributed by atoms with Crippen LogP contribution >= 0.6 is 23.2 Å². The van der Waals surface area contributed by atoms with Crippen molar-refractivity contribution in [2.24, 2.45) is 0 Å². The fourth-order valence-corrected chi connectivity index (χ4v) is 1.56. The first-order chi connectivity index (χ1) is 6.91. The van der Waals surface area contributed by atoms with Gasteiger partial charge in [-0.2, -0.15) is 0 Å². The largest absolute Gasteiger partial charge is 0.391 e. The molecule has 0 amide bonds. The monoisotopic (exact) mass is 247 g/mol. The van der Waals surface area contributed by atoms with Crippen molar-refractivity contribution in [2.75, 3.05) is 5.32 Å². The second-order valence-electron chi connectivity index (χ2n) is 3.75. The van der Waals surface area contributed by atoms with Crippen molar-refractivity contribution in [1.82, 2.24) is 0 Å². The normalized spacial score (nSPS) is 14.8. The third kappa shape index (κ3) is 3.26. The lowest BCUT2D eigenvalue weighted by atomic mass is 10.1. The Bertz CT molecular complexity index is 353. The van der Waals surface area contributed by atoms with Gasteiger partial charge in [0.25, 0.3) is 0 Å². The standard InChI is InChI=1S/C11H15Cl2NO/c1-6-4-10(13)11(5-9(6)12)14-7(2)8(3)15/h4-5,7-8,14-15H,1-3H3. The average Bonchev–Trinajstić information content (AvgIpc) is 2.13. The number of hydrogen-bond acceptors (Lipinski definition) is 2. The lowest BCUT2D eigenvalue weighted by Gasteiger charge is -2.19. The third-order valence-corrected chi connectivity index (χ3v) is 3.07. The Hall–Kier alpha value is -0.440. The van der Waals surface area contributed by atoms with Gasteiger partial charge in [-0.25, -0.2) is 0 Å². The molecular formula is C11H15Cl2NO. The molecule has 1 aromatic carbocycles. The highest BCUT2D eigenvalue weighted by Gasteiger charge is 2.11. The number of anilines is 1. The fraction of sp³-hybridized carbons (Fsp3) is 0.455. The van der Waals surface area contributed by atoms with Crippen LogP contribution in [0, 0.1) is 6.92 Å². The number of aliphatic hydroxyl groups is 1. The number of hydrogen-bond donors (Lipinski definition) is 2. The Kier molecular flexibility index (Phi) is 4.26. The second kappa shape index (κ2) is 5.06. The van der Waals surface area contributed by atoms with Gasteiger partial charge >= 0.3 is 0 Å². The summed E-state index contributed by atoms with van der Waals surface area (Å²) in [5.74, 6) is 0. The zero-order valence-electron chi connectivity index (χ0n) is 9.01. The summed E-state index contributed by atoms with van der Waals surface area (Å²) in [6.45, 7) is 5.51. The van der Waals surface area contributed by atoms with Gasteiger partial charge in [0.15, 0.2) is 0 Å². The molecule has 0 aromatic heterocycles. The van der Waals surface area contributed by atoms with E-state index in [4.69, 9.17) is 23.2 Å². The molecule has 2 nitrogen and oxygen atoms in total. The van der Waals surface area contributed by atoms with Gasteiger partial charge in [0.05, 0.1) is 16.8 Å². The molecule has 0 saturated heterocycles. The topological polar surface area (TPSA) is 32.3 Å². The van der Waals surface area contributed by atoms with Crippen LogP contribution in [-0.2, 0) is 0 Å². The highest BCUT2D eigenvalue weighted by atomic mass is 35.5. The quantitative estimate of drug-likeness (QED) is 0.858. The Morgan fingerprint density at radius 2 is 1.80 bits per heavy atom. The van der Waals surface area contributed by atoms with Crippen LogP contribution in [0.4, 0.5) is 5.69 Å². The maximum absolute atomic E-state index is 9.36. The third-order valence-electron chi connectivity index (χ3n) is 2.36. The maximum atomic E-state index is 9.36. The van der Waals surface area contributed by atoms with Gasteiger partial charge in [-0.3, -0.25) is 0 Å². The van der Waals surface area contributed by atoms with E-state index < -0.39 is 6.10 Å². The molecule has 0 radical (unpaired) electrons. The van der Waals surface area contributed by atoms with Crippen LogP contribution in [0.25, 0.3) is 0 Å². The highest BCUT2D eigenvalue weighted by molar-refractivity contribution is 6.35. The van der Waals surface area contributed by atoms with Gasteiger partial charge in [0.2, 0.25) is 0 Å². The first kappa shape index (κ1) is 12.6. The smallest absolute Gasteiger partial charge is 0.0710 e. The van der Waals surface area contributed by atoms with Crippen LogP contribution in [0.3, 0.4) is 0 Å². The summed E-state index contributed by atoms with van der Waals surface area (Å²) in [7, 11) is 0. The van der Waals surface area contributed by atoms with Crippen molar-refractivity contribution in [1.29, 1.82) is 0 Å². The molecule has 0 fully saturated rings. The molecular weight excluding hydrogens is 233 g/mol. The summed E-state index contributed by atoms with van der Waals surface area (Å²) >= 11 is 12.0. The van der Waals surface area contributed by atoms with E-state index in [9.17, 15) is 5.11 Å². The molecule has 15 heavy (non-hydrogen) atoms. The summed E-state index contributed by atoms with van der Waals surface area (Å²) in [6, 6.07) is 3.51. The molecule has 0 bridgehead atoms. The molecule has 0 aliphatic heterocycles. The lowest BCUT2D eigenvalue weighted by molar-refractivity contribution is 0.178. The minimum absolute atomic E-state index is 0.0683. The van der Waals surface area contributed by atoms with Gasteiger partial charge < -0.3 is 10.4 Å². The molecule has 0 heterocycles. The van der Waals surface area contributed by atoms with E-state index in [0.29, 0.717) is 10.0 Å². The van der Waals surface area contributed by atoms with Crippen LogP contribution < -0.4 is 5.32 Å². The van der Waals surface area contributed by atoms with Crippen LogP contribution in [0.5, 0.6) is 0 Å². The van der Waals surface area contributed by atoms with Gasteiger partial charge in [-0.1, -0.05) is 23.2 Å². The van der Waals surface area contributed by atoms with E-state index in [1.165, 1.54) is 0 Å². The Morgan fingerprint density at radius 3 is 2.33 bits per heavy atom. The summed E-state index contributed by atoms with van der Waals surface area (Å²) in [5.41, 5.74) is 1.69. The SMILES string of the molecule is Cc1cc(Cl)c(NC(C)C(C)O)cc1Cl. The van der Waals surface area contributed by atoms with Crippen molar-refractivity contribution in [3.63, 3.8) is 0 Å². The van der Waals surface area contributed by atoms with E-state index in [0.717, 1.165) is 11.3 Å². The predicted molar refractivity (Wildman–Crippen MR) is 66.0 cm³/mol. The molecule has 4 heteroatoms. The van der Waals surface area contributed by atoms with Crippen LogP contribution in [-0.4, -0.2) is 17.3 Å². The Balaban J connectivity index is 2.91. The van der Waals surface area contributed by atoms with E-state index in [1.54, 1.807) is 19.1 Å². The molecule has 2 atom stereocenters. The molecule has 1 rings (SSSR count). The number of nitrogens with one attached hydrogen (secondary N) is 1. The van der Waals surface area contributed by atoms with Crippen molar-refractivity contribution < 1.29 is 5.11 Å². The molecule has 84 valence electrons. The van der Waals surface area contributed by atoms with E-state index in [1.807, 2.05) is 13.8 Å². The molecule has 0 saturated carbocycles. The van der Waals surface area contributed by atoms with Crippen LogP contribution in [0.1, 0.15) is 19.4 Å². The number of aliphatic hydroxyl groups excluding tert-OH is 1. The van der Waals surface area contributed by atoms with E-state index in [-0.39, 0.29) is 6.04 Å². The zero-order chi connectivity index (χ0) is 11.6. The van der Waals surface area contributed by atoms with Crippen LogP contribution in [0.15, 0.2) is 12.1 Å². The fourth-order valence-electron chi connectivity index (χ4n) is 1.12. The Morgan fingerprint density at radius 1 is 1.20 bits per heavy atom. The molecule has 1 aromatic rings.